The third-order valence-corrected chi connectivity index (χ3v) is 13.2. The zero-order valence-corrected chi connectivity index (χ0v) is 42.8. The summed E-state index contributed by atoms with van der Waals surface area (Å²) in [5.41, 5.74) is 11.0. The van der Waals surface area contributed by atoms with Crippen LogP contribution in [0.25, 0.3) is 5.70 Å². The molecule has 347 valence electrons. The first-order valence-electron chi connectivity index (χ1n) is 23.1. The van der Waals surface area contributed by atoms with Crippen molar-refractivity contribution >= 4 is 75.2 Å². The summed E-state index contributed by atoms with van der Waals surface area (Å²) in [4.78, 5) is 51.9. The largest absolute Gasteiger partial charge is 1.00 e. The van der Waals surface area contributed by atoms with Crippen molar-refractivity contribution in [2.24, 2.45) is 5.92 Å². The van der Waals surface area contributed by atoms with Crippen molar-refractivity contribution in [2.45, 2.75) is 97.1 Å². The first kappa shape index (κ1) is 53.5. The molecule has 3 aromatic carbocycles. The first-order chi connectivity index (χ1) is 32.3. The van der Waals surface area contributed by atoms with E-state index in [0.717, 1.165) is 70.1 Å². The number of carbonyl (C=O) groups is 3. The quantitative estimate of drug-likeness (QED) is 0.0623. The molecule has 0 bridgehead atoms. The van der Waals surface area contributed by atoms with Crippen LogP contribution in [0.5, 0.6) is 0 Å². The number of nitrogens with one attached hydrogen (secondary N) is 2. The van der Waals surface area contributed by atoms with Gasteiger partial charge in [-0.2, -0.15) is 0 Å². The maximum Gasteiger partial charge on any atom is 1.00 e. The zero-order valence-electron chi connectivity index (χ0n) is 39.7. The van der Waals surface area contributed by atoms with Crippen molar-refractivity contribution in [2.75, 3.05) is 19.7 Å². The summed E-state index contributed by atoms with van der Waals surface area (Å²) >= 11 is 0. The number of amides is 3. The summed E-state index contributed by atoms with van der Waals surface area (Å²) in [5, 5.41) is 35.0. The van der Waals surface area contributed by atoms with Crippen LogP contribution >= 0.6 is 0 Å². The topological polar surface area (TPSA) is 187 Å². The van der Waals surface area contributed by atoms with Crippen molar-refractivity contribution < 1.29 is 99.6 Å². The van der Waals surface area contributed by atoms with E-state index in [1.54, 1.807) is 23.1 Å². The summed E-state index contributed by atoms with van der Waals surface area (Å²) in [7, 11) is -0.552. The van der Waals surface area contributed by atoms with Crippen LogP contribution < -0.4 is 78.4 Å². The minimum Gasteiger partial charge on any atom is -0.540 e. The molecule has 5 N–H and O–H groups in total. The molecule has 0 spiro atoms. The Morgan fingerprint density at radius 3 is 2.25 bits per heavy atom. The average molecular weight is 945 g/mol. The molecule has 14 nitrogen and oxygen atoms in total. The molecule has 5 heterocycles. The smallest absolute Gasteiger partial charge is 0.540 e. The van der Waals surface area contributed by atoms with E-state index in [-0.39, 0.29) is 87.2 Å². The van der Waals surface area contributed by atoms with Gasteiger partial charge in [-0.15, -0.1) is 0 Å². The number of rotatable bonds is 12. The number of hydrogen-bond acceptors (Lipinski definition) is 11. The number of nitrogens with zero attached hydrogens (tertiary/aromatic N) is 2. The SMILES string of the molecule is C=C(c1ccc(CC)c([B]C)c1)N1CC(NC(=O)c2ccc3c(c2)B(O)OC3)CC1[C-]=O.CCC=CC1CC(NC(=O)C2C=C3B(O)OCC3=CC2)CN1C=O.Cc1ccc2c(c1)B(O)OC2.[K+]. The summed E-state index contributed by atoms with van der Waals surface area (Å²) < 4.78 is 15.4. The molecule has 5 aliphatic heterocycles. The van der Waals surface area contributed by atoms with E-state index in [0.29, 0.717) is 62.3 Å². The molecule has 68 heavy (non-hydrogen) atoms. The van der Waals surface area contributed by atoms with Crippen LogP contribution in [-0.2, 0) is 48.0 Å². The Balaban J connectivity index is 0.000000185. The first-order valence-corrected chi connectivity index (χ1v) is 23.1. The van der Waals surface area contributed by atoms with Gasteiger partial charge >= 0.3 is 72.7 Å². The van der Waals surface area contributed by atoms with Gasteiger partial charge in [0.25, 0.3) is 5.91 Å². The minimum atomic E-state index is -0.999. The van der Waals surface area contributed by atoms with Crippen LogP contribution in [-0.4, -0.2) is 122 Å². The molecule has 0 saturated carbocycles. The van der Waals surface area contributed by atoms with Crippen molar-refractivity contribution in [1.29, 1.82) is 0 Å². The second-order valence-electron chi connectivity index (χ2n) is 17.6. The van der Waals surface area contributed by atoms with Gasteiger partial charge in [-0.1, -0.05) is 117 Å². The molecule has 1 aliphatic carbocycles. The van der Waals surface area contributed by atoms with Crippen LogP contribution in [0.1, 0.15) is 77.7 Å². The Bertz CT molecular complexity index is 2440. The molecule has 3 fully saturated rings. The van der Waals surface area contributed by atoms with Crippen LogP contribution in [0.2, 0.25) is 6.82 Å². The molecule has 3 amide bonds. The molecule has 5 atom stereocenters. The Hall–Kier alpha value is -3.84. The number of hydrogen-bond donors (Lipinski definition) is 5. The number of carbonyl (C=O) groups excluding carboxylic acids is 4. The van der Waals surface area contributed by atoms with Crippen molar-refractivity contribution in [3.05, 3.63) is 130 Å². The molecule has 1 radical (unpaired) electrons. The average Bonchev–Trinajstić information content (AvgIpc) is 4.19. The predicted molar refractivity (Wildman–Crippen MR) is 261 cm³/mol. The van der Waals surface area contributed by atoms with Crippen LogP contribution in [0.3, 0.4) is 0 Å². The minimum absolute atomic E-state index is 0. The fourth-order valence-corrected chi connectivity index (χ4v) is 9.35. The summed E-state index contributed by atoms with van der Waals surface area (Å²) in [6.45, 7) is 14.7. The van der Waals surface area contributed by atoms with Crippen molar-refractivity contribution in [3.63, 3.8) is 0 Å². The third kappa shape index (κ3) is 12.7. The molecular weight excluding hydrogens is 887 g/mol. The van der Waals surface area contributed by atoms with E-state index >= 15 is 0 Å². The van der Waals surface area contributed by atoms with Gasteiger partial charge in [-0.25, -0.2) is 6.29 Å². The Morgan fingerprint density at radius 2 is 1.57 bits per heavy atom. The molecule has 3 aromatic rings. The molecule has 0 aromatic heterocycles. The van der Waals surface area contributed by atoms with Gasteiger partial charge in [-0.05, 0) is 89.8 Å². The zero-order chi connectivity index (χ0) is 47.8. The fourth-order valence-electron chi connectivity index (χ4n) is 9.35. The summed E-state index contributed by atoms with van der Waals surface area (Å²) in [6, 6.07) is 16.7. The van der Waals surface area contributed by atoms with Crippen molar-refractivity contribution in [1.82, 2.24) is 20.4 Å². The number of allylic oxidation sites excluding steroid dienone is 2. The van der Waals surface area contributed by atoms with Crippen LogP contribution in [0.15, 0.2) is 96.5 Å². The van der Waals surface area contributed by atoms with Gasteiger partial charge in [0.1, 0.15) is 7.28 Å². The third-order valence-electron chi connectivity index (χ3n) is 13.2. The maximum absolute atomic E-state index is 12.8. The second kappa shape index (κ2) is 24.8. The summed E-state index contributed by atoms with van der Waals surface area (Å²) in [5.74, 6) is -0.605. The molecule has 9 rings (SSSR count). The predicted octanol–water partition coefficient (Wildman–Crippen LogP) is -1.39. The second-order valence-corrected chi connectivity index (χ2v) is 17.6. The van der Waals surface area contributed by atoms with E-state index < -0.39 is 27.4 Å². The van der Waals surface area contributed by atoms with Gasteiger partial charge in [0.2, 0.25) is 12.3 Å². The monoisotopic (exact) mass is 945 g/mol. The van der Waals surface area contributed by atoms with E-state index in [9.17, 15) is 34.3 Å². The number of benzene rings is 3. The Labute approximate surface area is 444 Å². The molecule has 19 heteroatoms. The normalized spacial score (nSPS) is 22.1. The van der Waals surface area contributed by atoms with Gasteiger partial charge in [-0.3, -0.25) is 14.4 Å². The van der Waals surface area contributed by atoms with Gasteiger partial charge in [0.05, 0.1) is 31.8 Å². The van der Waals surface area contributed by atoms with Crippen LogP contribution in [0.4, 0.5) is 0 Å². The molecule has 6 aliphatic rings. The van der Waals surface area contributed by atoms with E-state index in [1.165, 1.54) is 5.56 Å². The van der Waals surface area contributed by atoms with E-state index in [4.69, 9.17) is 14.0 Å². The number of fused-ring (bicyclic) bond motifs is 3. The standard InChI is InChI=1S/C24H26B2N2O4.C17H23BN2O4.C8H9BO2.K/c1-4-16-5-6-17(9-22(16)25-3)15(2)28-12-20(11-21(28)13-29)27-24(30)18-7-8-19-14-32-26(31)23(19)10-18;1-2-3-4-15-8-14(9-20(15)11-21)19-17(22)12-5-6-13-10-24-18(23)16(13)7-12;1-6-2-3-7-5-11-9(10)8(7)4-6;/h5-10,20-21,31H,2,4,11-12,14H2,1,3H3,(H,27,30);3-4,6-7,11-12,14-15,23H,2,5,8-10H2,1H3,(H,19,22);2-4,10H,5H2,1H3;/q-1;;;+1. The fraction of sp³-hybridized carbons (Fsp3) is 0.388. The summed E-state index contributed by atoms with van der Waals surface area (Å²) in [6.07, 6.45) is 14.5. The molecule has 3 saturated heterocycles. The molecular formula is C49H58B4KN4O10. The van der Waals surface area contributed by atoms with E-state index in [1.807, 2.05) is 67.2 Å². The maximum atomic E-state index is 12.8. The Kier molecular flexibility index (Phi) is 19.5. The number of likely N-dealkylation sites (tertiary alicyclic amines) is 2. The van der Waals surface area contributed by atoms with Crippen LogP contribution in [0, 0.1) is 12.8 Å². The van der Waals surface area contributed by atoms with E-state index in [2.05, 4.69) is 56.8 Å². The Morgan fingerprint density at radius 1 is 0.897 bits per heavy atom. The van der Waals surface area contributed by atoms with Gasteiger partial charge in [0.15, 0.2) is 0 Å². The van der Waals surface area contributed by atoms with Crippen molar-refractivity contribution in [3.8, 4) is 0 Å². The number of aryl methyl sites for hydroxylation is 2. The molecule has 5 unspecified atom stereocenters. The van der Waals surface area contributed by atoms with Gasteiger partial charge < -0.3 is 54.3 Å². The van der Waals surface area contributed by atoms with Gasteiger partial charge in [0, 0.05) is 36.4 Å².